The van der Waals surface area contributed by atoms with Crippen LogP contribution in [-0.4, -0.2) is 78.7 Å². The van der Waals surface area contributed by atoms with Gasteiger partial charge in [-0.25, -0.2) is 0 Å². The summed E-state index contributed by atoms with van der Waals surface area (Å²) in [5, 5.41) is 19.9. The van der Waals surface area contributed by atoms with E-state index in [-0.39, 0.29) is 12.7 Å². The molecule has 6 heteroatoms. The first-order valence-corrected chi connectivity index (χ1v) is 11.2. The Bertz CT molecular complexity index is 615. The average molecular weight is 407 g/mol. The van der Waals surface area contributed by atoms with Crippen LogP contribution in [-0.2, 0) is 6.54 Å². The molecule has 1 aliphatic heterocycles. The van der Waals surface area contributed by atoms with Gasteiger partial charge in [0.15, 0.2) is 11.5 Å². The SMILES string of the molecule is CCCN(Cc1ccc(OCC(O)CN2CCC(O)CC2)c(OC)c1)CC1CC1. The molecule has 2 N–H and O–H groups in total. The van der Waals surface area contributed by atoms with Gasteiger partial charge >= 0.3 is 0 Å². The standard InChI is InChI=1S/C23H38N2O4/c1-3-10-25(14-18-4-5-18)15-19-6-7-22(23(13-19)28-2)29-17-21(27)16-24-11-8-20(26)9-12-24/h6-7,13,18,20-21,26-27H,3-5,8-12,14-17H2,1-2H3. The second kappa shape index (κ2) is 11.2. The molecule has 0 radical (unpaired) electrons. The molecule has 1 aromatic rings. The lowest BCUT2D eigenvalue weighted by Crippen LogP contribution is -2.41. The highest BCUT2D eigenvalue weighted by atomic mass is 16.5. The molecule has 1 atom stereocenters. The largest absolute Gasteiger partial charge is 0.493 e. The van der Waals surface area contributed by atoms with Gasteiger partial charge in [0, 0.05) is 32.7 Å². The van der Waals surface area contributed by atoms with E-state index in [2.05, 4.69) is 28.9 Å². The summed E-state index contributed by atoms with van der Waals surface area (Å²) in [6, 6.07) is 6.12. The van der Waals surface area contributed by atoms with Gasteiger partial charge in [0.25, 0.3) is 0 Å². The molecule has 1 aliphatic carbocycles. The number of piperidine rings is 1. The van der Waals surface area contributed by atoms with E-state index in [1.54, 1.807) is 7.11 Å². The zero-order valence-electron chi connectivity index (χ0n) is 18.1. The number of methoxy groups -OCH3 is 1. The van der Waals surface area contributed by atoms with Crippen molar-refractivity contribution in [2.24, 2.45) is 5.92 Å². The lowest BCUT2D eigenvalue weighted by atomic mass is 10.1. The molecule has 0 spiro atoms. The van der Waals surface area contributed by atoms with Gasteiger partial charge in [-0.05, 0) is 62.3 Å². The van der Waals surface area contributed by atoms with Crippen molar-refractivity contribution in [3.05, 3.63) is 23.8 Å². The zero-order valence-corrected chi connectivity index (χ0v) is 18.1. The van der Waals surface area contributed by atoms with Gasteiger partial charge < -0.3 is 24.6 Å². The fourth-order valence-corrected chi connectivity index (χ4v) is 4.04. The van der Waals surface area contributed by atoms with E-state index in [1.165, 1.54) is 31.4 Å². The van der Waals surface area contributed by atoms with Crippen molar-refractivity contribution >= 4 is 0 Å². The van der Waals surface area contributed by atoms with Gasteiger partial charge in [-0.1, -0.05) is 13.0 Å². The Balaban J connectivity index is 1.49. The maximum atomic E-state index is 10.3. The van der Waals surface area contributed by atoms with E-state index in [0.29, 0.717) is 12.3 Å². The summed E-state index contributed by atoms with van der Waals surface area (Å²) in [6.07, 6.45) is 4.71. The summed E-state index contributed by atoms with van der Waals surface area (Å²) in [4.78, 5) is 4.72. The van der Waals surface area contributed by atoms with Crippen LogP contribution in [0.25, 0.3) is 0 Å². The number of β-amino-alcohol motifs (C(OH)–C–C–N with tert-alkyl or cyclic N) is 1. The molecule has 164 valence electrons. The van der Waals surface area contributed by atoms with Gasteiger partial charge in [0.05, 0.1) is 13.2 Å². The van der Waals surface area contributed by atoms with Crippen LogP contribution in [0.3, 0.4) is 0 Å². The molecule has 3 rings (SSSR count). The van der Waals surface area contributed by atoms with Gasteiger partial charge in [0.2, 0.25) is 0 Å². The third-order valence-electron chi connectivity index (χ3n) is 5.84. The molecular formula is C23H38N2O4. The Morgan fingerprint density at radius 3 is 2.59 bits per heavy atom. The number of ether oxygens (including phenoxy) is 2. The molecule has 2 aliphatic rings. The molecule has 29 heavy (non-hydrogen) atoms. The fourth-order valence-electron chi connectivity index (χ4n) is 4.04. The molecule has 1 heterocycles. The summed E-state index contributed by atoms with van der Waals surface area (Å²) in [5.41, 5.74) is 1.23. The quantitative estimate of drug-likeness (QED) is 0.556. The first-order valence-electron chi connectivity index (χ1n) is 11.2. The summed E-state index contributed by atoms with van der Waals surface area (Å²) < 4.78 is 11.4. The third-order valence-corrected chi connectivity index (χ3v) is 5.84. The minimum Gasteiger partial charge on any atom is -0.493 e. The Kier molecular flexibility index (Phi) is 8.60. The van der Waals surface area contributed by atoms with Crippen LogP contribution in [0, 0.1) is 5.92 Å². The molecule has 0 bridgehead atoms. The molecule has 0 amide bonds. The molecule has 0 aromatic heterocycles. The summed E-state index contributed by atoms with van der Waals surface area (Å²) in [7, 11) is 1.66. The third kappa shape index (κ3) is 7.45. The van der Waals surface area contributed by atoms with Gasteiger partial charge in [-0.2, -0.15) is 0 Å². The number of likely N-dealkylation sites (tertiary alicyclic amines) is 1. The first kappa shape index (κ1) is 22.3. The van der Waals surface area contributed by atoms with Crippen molar-refractivity contribution in [2.75, 3.05) is 46.4 Å². The minimum absolute atomic E-state index is 0.194. The Hall–Kier alpha value is -1.34. The van der Waals surface area contributed by atoms with Crippen molar-refractivity contribution in [1.29, 1.82) is 0 Å². The van der Waals surface area contributed by atoms with Crippen LogP contribution in [0.1, 0.15) is 44.6 Å². The summed E-state index contributed by atoms with van der Waals surface area (Å²) in [5.74, 6) is 2.28. The van der Waals surface area contributed by atoms with E-state index >= 15 is 0 Å². The van der Waals surface area contributed by atoms with Crippen molar-refractivity contribution in [3.63, 3.8) is 0 Å². The highest BCUT2D eigenvalue weighted by molar-refractivity contribution is 5.43. The average Bonchev–Trinajstić information content (AvgIpc) is 3.53. The van der Waals surface area contributed by atoms with Gasteiger partial charge in [-0.15, -0.1) is 0 Å². The predicted molar refractivity (Wildman–Crippen MR) is 114 cm³/mol. The second-order valence-corrected chi connectivity index (χ2v) is 8.66. The van der Waals surface area contributed by atoms with Crippen LogP contribution < -0.4 is 9.47 Å². The second-order valence-electron chi connectivity index (χ2n) is 8.66. The molecule has 1 aromatic carbocycles. The molecule has 2 fully saturated rings. The van der Waals surface area contributed by atoms with E-state index in [0.717, 1.165) is 50.7 Å². The molecular weight excluding hydrogens is 368 g/mol. The van der Waals surface area contributed by atoms with Crippen molar-refractivity contribution < 1.29 is 19.7 Å². The number of aliphatic hydroxyl groups excluding tert-OH is 2. The van der Waals surface area contributed by atoms with Crippen LogP contribution in [0.4, 0.5) is 0 Å². The normalized spacial score (nSPS) is 19.5. The molecule has 1 saturated heterocycles. The van der Waals surface area contributed by atoms with Gasteiger partial charge in [-0.3, -0.25) is 4.90 Å². The molecule has 6 nitrogen and oxygen atoms in total. The van der Waals surface area contributed by atoms with Gasteiger partial charge in [0.1, 0.15) is 12.7 Å². The maximum absolute atomic E-state index is 10.3. The van der Waals surface area contributed by atoms with E-state index in [1.807, 2.05) is 6.07 Å². The van der Waals surface area contributed by atoms with Crippen molar-refractivity contribution in [3.8, 4) is 11.5 Å². The summed E-state index contributed by atoms with van der Waals surface area (Å²) >= 11 is 0. The highest BCUT2D eigenvalue weighted by Gasteiger charge is 2.24. The first-order chi connectivity index (χ1) is 14.1. The Morgan fingerprint density at radius 1 is 1.17 bits per heavy atom. The number of hydrogen-bond donors (Lipinski definition) is 2. The number of aliphatic hydroxyl groups is 2. The van der Waals surface area contributed by atoms with Crippen molar-refractivity contribution in [2.45, 2.75) is 57.8 Å². The van der Waals surface area contributed by atoms with Crippen LogP contribution in [0.15, 0.2) is 18.2 Å². The summed E-state index contributed by atoms with van der Waals surface area (Å²) in [6.45, 7) is 7.93. The van der Waals surface area contributed by atoms with Crippen molar-refractivity contribution in [1.82, 2.24) is 9.80 Å². The van der Waals surface area contributed by atoms with E-state index in [9.17, 15) is 10.2 Å². The Morgan fingerprint density at radius 2 is 1.93 bits per heavy atom. The lowest BCUT2D eigenvalue weighted by Gasteiger charge is -2.31. The Labute approximate surface area is 175 Å². The maximum Gasteiger partial charge on any atom is 0.161 e. The number of benzene rings is 1. The predicted octanol–water partition coefficient (Wildman–Crippen LogP) is 2.51. The lowest BCUT2D eigenvalue weighted by molar-refractivity contribution is 0.0333. The number of rotatable bonds is 12. The fraction of sp³-hybridized carbons (Fsp3) is 0.739. The van der Waals surface area contributed by atoms with Crippen LogP contribution in [0.5, 0.6) is 11.5 Å². The smallest absolute Gasteiger partial charge is 0.161 e. The minimum atomic E-state index is -0.562. The molecule has 1 saturated carbocycles. The highest BCUT2D eigenvalue weighted by Crippen LogP contribution is 2.32. The van der Waals surface area contributed by atoms with E-state index in [4.69, 9.17) is 9.47 Å². The van der Waals surface area contributed by atoms with Crippen LogP contribution in [0.2, 0.25) is 0 Å². The number of nitrogens with zero attached hydrogens (tertiary/aromatic N) is 2. The monoisotopic (exact) mass is 406 g/mol. The topological polar surface area (TPSA) is 65.4 Å². The number of hydrogen-bond acceptors (Lipinski definition) is 6. The van der Waals surface area contributed by atoms with E-state index < -0.39 is 6.10 Å². The zero-order chi connectivity index (χ0) is 20.6. The van der Waals surface area contributed by atoms with Crippen LogP contribution >= 0.6 is 0 Å². The molecule has 1 unspecified atom stereocenters.